The first kappa shape index (κ1) is 23.0. The second-order valence-corrected chi connectivity index (χ2v) is 8.09. The Morgan fingerprint density at radius 2 is 1.72 bits per heavy atom. The Morgan fingerprint density at radius 1 is 1.10 bits per heavy atom. The van der Waals surface area contributed by atoms with E-state index in [1.807, 2.05) is 6.92 Å². The van der Waals surface area contributed by atoms with E-state index in [0.29, 0.717) is 16.8 Å². The predicted octanol–water partition coefficient (Wildman–Crippen LogP) is 2.73. The van der Waals surface area contributed by atoms with E-state index in [-0.39, 0.29) is 28.6 Å². The molecule has 0 aliphatic heterocycles. The third-order valence-corrected chi connectivity index (χ3v) is 5.87. The van der Waals surface area contributed by atoms with Gasteiger partial charge < -0.3 is 14.8 Å². The highest BCUT2D eigenvalue weighted by Gasteiger charge is 2.23. The monoisotopic (exact) mass is 442 g/mol. The molecule has 10 heteroatoms. The number of hydrogen-bond acceptors (Lipinski definition) is 6. The number of hydrogen-bond donors (Lipinski definition) is 1. The van der Waals surface area contributed by atoms with E-state index >= 15 is 0 Å². The number of nitrogens with zero attached hydrogens (tertiary/aromatic N) is 1. The first-order valence-electron chi connectivity index (χ1n) is 8.76. The van der Waals surface area contributed by atoms with Crippen LogP contribution in [0, 0.1) is 0 Å². The highest BCUT2D eigenvalue weighted by Crippen LogP contribution is 2.22. The molecule has 0 bridgehead atoms. The zero-order valence-corrected chi connectivity index (χ0v) is 17.9. The summed E-state index contributed by atoms with van der Waals surface area (Å²) in [6, 6.07) is 11.0. The van der Waals surface area contributed by atoms with Gasteiger partial charge in [0.15, 0.2) is 0 Å². The molecule has 0 aliphatic rings. The number of hydroxylamine groups is 1. The SMILES string of the molecule is CCOc1ccc(OCCNC(=O)c2cc(S(=O)(=O)N(C)OC)ccc2Cl)cc1. The zero-order valence-electron chi connectivity index (χ0n) is 16.3. The summed E-state index contributed by atoms with van der Waals surface area (Å²) in [5.74, 6) is 0.871. The van der Waals surface area contributed by atoms with Crippen molar-refractivity contribution in [3.8, 4) is 11.5 Å². The van der Waals surface area contributed by atoms with E-state index in [9.17, 15) is 13.2 Å². The molecular formula is C19H23ClN2O6S. The molecule has 29 heavy (non-hydrogen) atoms. The Bertz CT molecular complexity index is 934. The largest absolute Gasteiger partial charge is 0.494 e. The molecule has 0 radical (unpaired) electrons. The standard InChI is InChI=1S/C19H23ClN2O6S/c1-4-27-14-5-7-15(8-6-14)28-12-11-21-19(23)17-13-16(9-10-18(17)20)29(24,25)22(2)26-3/h5-10,13H,4,11-12H2,1-3H3,(H,21,23). The van der Waals surface area contributed by atoms with Gasteiger partial charge in [0.2, 0.25) is 0 Å². The van der Waals surface area contributed by atoms with Crippen LogP contribution >= 0.6 is 11.6 Å². The number of rotatable bonds is 10. The van der Waals surface area contributed by atoms with E-state index in [2.05, 4.69) is 5.32 Å². The third kappa shape index (κ3) is 6.07. The van der Waals surface area contributed by atoms with Crippen molar-refractivity contribution in [2.45, 2.75) is 11.8 Å². The maximum Gasteiger partial charge on any atom is 0.264 e. The second kappa shape index (κ2) is 10.4. The van der Waals surface area contributed by atoms with Crippen LogP contribution in [0.3, 0.4) is 0 Å². The minimum atomic E-state index is -3.89. The average Bonchev–Trinajstić information content (AvgIpc) is 2.71. The molecule has 0 saturated carbocycles. The average molecular weight is 443 g/mol. The number of benzene rings is 2. The van der Waals surface area contributed by atoms with Crippen LogP contribution in [0.15, 0.2) is 47.4 Å². The molecule has 0 unspecified atom stereocenters. The molecule has 8 nitrogen and oxygen atoms in total. The Balaban J connectivity index is 1.96. The molecule has 0 fully saturated rings. The van der Waals surface area contributed by atoms with Gasteiger partial charge >= 0.3 is 0 Å². The minimum absolute atomic E-state index is 0.0401. The Kier molecular flexibility index (Phi) is 8.27. The van der Waals surface area contributed by atoms with Gasteiger partial charge in [-0.3, -0.25) is 9.63 Å². The Hall–Kier alpha value is -2.33. The van der Waals surface area contributed by atoms with Crippen molar-refractivity contribution in [3.63, 3.8) is 0 Å². The summed E-state index contributed by atoms with van der Waals surface area (Å²) in [6.45, 7) is 2.92. The lowest BCUT2D eigenvalue weighted by Crippen LogP contribution is -2.29. The van der Waals surface area contributed by atoms with Crippen molar-refractivity contribution in [1.29, 1.82) is 0 Å². The van der Waals surface area contributed by atoms with Crippen LogP contribution in [0.4, 0.5) is 0 Å². The number of amides is 1. The van der Waals surface area contributed by atoms with Gasteiger partial charge in [-0.05, 0) is 49.4 Å². The summed E-state index contributed by atoms with van der Waals surface area (Å²) < 4.78 is 36.3. The highest BCUT2D eigenvalue weighted by molar-refractivity contribution is 7.89. The third-order valence-electron chi connectivity index (χ3n) is 3.87. The number of carbonyl (C=O) groups is 1. The van der Waals surface area contributed by atoms with E-state index in [0.717, 1.165) is 5.75 Å². The van der Waals surface area contributed by atoms with Crippen molar-refractivity contribution in [1.82, 2.24) is 9.79 Å². The molecule has 0 aliphatic carbocycles. The Labute approximate surface area is 175 Å². The summed E-state index contributed by atoms with van der Waals surface area (Å²) >= 11 is 6.06. The summed E-state index contributed by atoms with van der Waals surface area (Å²) in [4.78, 5) is 17.0. The number of nitrogens with one attached hydrogen (secondary N) is 1. The van der Waals surface area contributed by atoms with Gasteiger partial charge in [-0.25, -0.2) is 8.42 Å². The predicted molar refractivity (Wildman–Crippen MR) is 109 cm³/mol. The summed E-state index contributed by atoms with van der Waals surface area (Å²) in [7, 11) is -1.41. The van der Waals surface area contributed by atoms with Crippen LogP contribution in [0.5, 0.6) is 11.5 Å². The second-order valence-electron chi connectivity index (χ2n) is 5.75. The highest BCUT2D eigenvalue weighted by atomic mass is 35.5. The van der Waals surface area contributed by atoms with Gasteiger partial charge in [0.05, 0.1) is 35.7 Å². The first-order chi connectivity index (χ1) is 13.8. The smallest absolute Gasteiger partial charge is 0.264 e. The maximum atomic E-state index is 12.4. The normalized spacial score (nSPS) is 11.3. The number of sulfonamides is 1. The van der Waals surface area contributed by atoms with Crippen LogP contribution in [-0.2, 0) is 14.9 Å². The molecule has 0 spiro atoms. The molecule has 0 atom stereocenters. The summed E-state index contributed by atoms with van der Waals surface area (Å²) in [5.41, 5.74) is 0.0401. The van der Waals surface area contributed by atoms with Crippen LogP contribution in [0.2, 0.25) is 5.02 Å². The molecule has 158 valence electrons. The molecule has 0 heterocycles. The van der Waals surface area contributed by atoms with Crippen LogP contribution in [0.25, 0.3) is 0 Å². The topological polar surface area (TPSA) is 94.2 Å². The van der Waals surface area contributed by atoms with Crippen LogP contribution in [-0.4, -0.2) is 52.7 Å². The quantitative estimate of drug-likeness (QED) is 0.449. The summed E-state index contributed by atoms with van der Waals surface area (Å²) in [5, 5.41) is 2.78. The van der Waals surface area contributed by atoms with Crippen molar-refractivity contribution < 1.29 is 27.5 Å². The summed E-state index contributed by atoms with van der Waals surface area (Å²) in [6.07, 6.45) is 0. The lowest BCUT2D eigenvalue weighted by atomic mass is 10.2. The lowest BCUT2D eigenvalue weighted by molar-refractivity contribution is -0.0258. The van der Waals surface area contributed by atoms with Crippen LogP contribution < -0.4 is 14.8 Å². The van der Waals surface area contributed by atoms with Gasteiger partial charge in [-0.2, -0.15) is 0 Å². The van der Waals surface area contributed by atoms with Gasteiger partial charge in [-0.15, -0.1) is 0 Å². The molecule has 2 aromatic rings. The fourth-order valence-electron chi connectivity index (χ4n) is 2.31. The zero-order chi connectivity index (χ0) is 21.4. The van der Waals surface area contributed by atoms with Crippen molar-refractivity contribution in [2.24, 2.45) is 0 Å². The lowest BCUT2D eigenvalue weighted by Gasteiger charge is -2.15. The number of carbonyl (C=O) groups excluding carboxylic acids is 1. The van der Waals surface area contributed by atoms with E-state index in [4.69, 9.17) is 25.9 Å². The maximum absolute atomic E-state index is 12.4. The van der Waals surface area contributed by atoms with Gasteiger partial charge in [0.25, 0.3) is 15.9 Å². The molecule has 2 aromatic carbocycles. The van der Waals surface area contributed by atoms with E-state index in [1.165, 1.54) is 32.4 Å². The fourth-order valence-corrected chi connectivity index (χ4v) is 3.52. The van der Waals surface area contributed by atoms with Gasteiger partial charge in [0, 0.05) is 7.05 Å². The fraction of sp³-hybridized carbons (Fsp3) is 0.316. The minimum Gasteiger partial charge on any atom is -0.494 e. The molecule has 2 rings (SSSR count). The number of ether oxygens (including phenoxy) is 2. The molecule has 0 aromatic heterocycles. The molecule has 1 N–H and O–H groups in total. The Morgan fingerprint density at radius 3 is 2.31 bits per heavy atom. The van der Waals surface area contributed by atoms with Crippen molar-refractivity contribution >= 4 is 27.5 Å². The van der Waals surface area contributed by atoms with Crippen LogP contribution in [0.1, 0.15) is 17.3 Å². The van der Waals surface area contributed by atoms with E-state index in [1.54, 1.807) is 24.3 Å². The van der Waals surface area contributed by atoms with Gasteiger partial charge in [0.1, 0.15) is 18.1 Å². The van der Waals surface area contributed by atoms with Crippen molar-refractivity contribution in [3.05, 3.63) is 53.1 Å². The molecular weight excluding hydrogens is 420 g/mol. The van der Waals surface area contributed by atoms with Gasteiger partial charge in [-0.1, -0.05) is 16.1 Å². The van der Waals surface area contributed by atoms with Crippen molar-refractivity contribution in [2.75, 3.05) is 33.9 Å². The molecule has 0 saturated heterocycles. The molecule has 1 amide bonds. The van der Waals surface area contributed by atoms with E-state index < -0.39 is 15.9 Å². The first-order valence-corrected chi connectivity index (χ1v) is 10.6. The number of halogens is 1.